The lowest BCUT2D eigenvalue weighted by atomic mass is 9.99. The van der Waals surface area contributed by atoms with E-state index >= 15 is 0 Å². The normalized spacial score (nSPS) is 32.2. The standard InChI is InChI=1S/C31H44O15/c32-13-22-24(37)26(39)28(41)30(45-22)43-20-9-6-15(11-18(20)35)3-1-2-4-17(34)8-5-16-7-10-21(19(36)12-16)44-31-29(42)27(40)25(38)23(14-33)46-31/h6-7,9-12,17,22-42H,1-5,8,13-14H2/t17-,22-,23+,24-,25+,26+,27-,28-,29+,30+,31-/m0/s1. The fraction of sp³-hybridized carbons (Fsp3) is 0.613. The highest BCUT2D eigenvalue weighted by atomic mass is 16.7. The molecule has 0 spiro atoms. The van der Waals surface area contributed by atoms with Gasteiger partial charge in [0.25, 0.3) is 0 Å². The van der Waals surface area contributed by atoms with Gasteiger partial charge in [-0.2, -0.15) is 0 Å². The summed E-state index contributed by atoms with van der Waals surface area (Å²) in [5, 5.41) is 110. The molecule has 15 nitrogen and oxygen atoms in total. The summed E-state index contributed by atoms with van der Waals surface area (Å²) in [7, 11) is 0. The number of aliphatic hydroxyl groups excluding tert-OH is 9. The Morgan fingerprint density at radius 1 is 0.587 bits per heavy atom. The Bertz CT molecular complexity index is 1240. The van der Waals surface area contributed by atoms with Crippen LogP contribution in [0.3, 0.4) is 0 Å². The van der Waals surface area contributed by atoms with Gasteiger partial charge in [-0.25, -0.2) is 0 Å². The SMILES string of the molecule is OC[C@@H]1O[C@@H](Oc2ccc(CCCC[C@H](O)CCc3ccc(O[C@H]4O[C@H](CO)[C@@H](O)[C@H](O)[C@H]4O)c(O)c3)cc2O)[C@@H](O)[C@H](O)[C@H]1O. The van der Waals surface area contributed by atoms with Crippen LogP contribution in [0.25, 0.3) is 0 Å². The second kappa shape index (κ2) is 16.3. The van der Waals surface area contributed by atoms with Crippen LogP contribution in [0.2, 0.25) is 0 Å². The third-order valence-corrected chi connectivity index (χ3v) is 8.25. The zero-order valence-electron chi connectivity index (χ0n) is 25.0. The smallest absolute Gasteiger partial charge is 0.229 e. The number of benzene rings is 2. The lowest BCUT2D eigenvalue weighted by Crippen LogP contribution is -2.60. The van der Waals surface area contributed by atoms with E-state index < -0.39 is 80.7 Å². The van der Waals surface area contributed by atoms with Crippen molar-refractivity contribution in [3.8, 4) is 23.0 Å². The van der Waals surface area contributed by atoms with Crippen molar-refractivity contribution in [2.45, 2.75) is 106 Å². The Hall–Kier alpha value is -2.80. The van der Waals surface area contributed by atoms with E-state index in [2.05, 4.69) is 0 Å². The molecule has 2 aliphatic heterocycles. The Morgan fingerprint density at radius 3 is 1.48 bits per heavy atom. The van der Waals surface area contributed by atoms with Crippen molar-refractivity contribution in [3.63, 3.8) is 0 Å². The van der Waals surface area contributed by atoms with Crippen molar-refractivity contribution in [2.24, 2.45) is 0 Å². The van der Waals surface area contributed by atoms with Crippen molar-refractivity contribution in [1.29, 1.82) is 0 Å². The second-order valence-corrected chi connectivity index (χ2v) is 11.7. The lowest BCUT2D eigenvalue weighted by molar-refractivity contribution is -0.277. The van der Waals surface area contributed by atoms with E-state index in [0.717, 1.165) is 11.1 Å². The molecule has 0 aliphatic carbocycles. The molecule has 2 aliphatic rings. The quantitative estimate of drug-likeness (QED) is 0.0999. The number of rotatable bonds is 14. The summed E-state index contributed by atoms with van der Waals surface area (Å²) in [4.78, 5) is 0. The van der Waals surface area contributed by atoms with Gasteiger partial charge in [0.05, 0.1) is 19.3 Å². The molecule has 2 saturated heterocycles. The predicted octanol–water partition coefficient (Wildman–Crippen LogP) is -1.84. The van der Waals surface area contributed by atoms with Gasteiger partial charge in [-0.3, -0.25) is 0 Å². The van der Waals surface area contributed by atoms with Crippen molar-refractivity contribution < 1.29 is 75.1 Å². The molecule has 0 radical (unpaired) electrons. The number of unbranched alkanes of at least 4 members (excludes halogenated alkanes) is 1. The number of hydrogen-bond acceptors (Lipinski definition) is 15. The Balaban J connectivity index is 1.18. The zero-order chi connectivity index (χ0) is 33.5. The van der Waals surface area contributed by atoms with Crippen LogP contribution in [-0.2, 0) is 22.3 Å². The lowest BCUT2D eigenvalue weighted by Gasteiger charge is -2.39. The molecule has 46 heavy (non-hydrogen) atoms. The Kier molecular flexibility index (Phi) is 12.8. The first-order valence-electron chi connectivity index (χ1n) is 15.2. The van der Waals surface area contributed by atoms with Crippen LogP contribution in [0.15, 0.2) is 36.4 Å². The van der Waals surface area contributed by atoms with Gasteiger partial charge in [0.1, 0.15) is 48.8 Å². The maximum Gasteiger partial charge on any atom is 0.229 e. The van der Waals surface area contributed by atoms with Crippen molar-refractivity contribution in [1.82, 2.24) is 0 Å². The average Bonchev–Trinajstić information content (AvgIpc) is 3.04. The molecule has 11 atom stereocenters. The molecule has 258 valence electrons. The first-order chi connectivity index (χ1) is 21.9. The first kappa shape index (κ1) is 36.0. The van der Waals surface area contributed by atoms with Gasteiger partial charge in [-0.1, -0.05) is 18.6 Å². The van der Waals surface area contributed by atoms with Gasteiger partial charge >= 0.3 is 0 Å². The molecule has 2 heterocycles. The molecule has 0 unspecified atom stereocenters. The molecule has 4 rings (SSSR count). The monoisotopic (exact) mass is 656 g/mol. The van der Waals surface area contributed by atoms with Gasteiger partial charge in [-0.05, 0) is 67.5 Å². The topological polar surface area (TPSA) is 259 Å². The van der Waals surface area contributed by atoms with Crippen molar-refractivity contribution in [2.75, 3.05) is 13.2 Å². The molecule has 2 aromatic rings. The predicted molar refractivity (Wildman–Crippen MR) is 157 cm³/mol. The van der Waals surface area contributed by atoms with Gasteiger partial charge in [0, 0.05) is 0 Å². The summed E-state index contributed by atoms with van der Waals surface area (Å²) in [5.41, 5.74) is 1.52. The molecule has 0 amide bonds. The number of aromatic hydroxyl groups is 2. The largest absolute Gasteiger partial charge is 0.504 e. The maximum absolute atomic E-state index is 10.5. The minimum Gasteiger partial charge on any atom is -0.504 e. The minimum atomic E-state index is -1.61. The summed E-state index contributed by atoms with van der Waals surface area (Å²) in [6, 6.07) is 9.26. The highest BCUT2D eigenvalue weighted by Crippen LogP contribution is 2.33. The summed E-state index contributed by atoms with van der Waals surface area (Å²) >= 11 is 0. The van der Waals surface area contributed by atoms with Gasteiger partial charge in [-0.15, -0.1) is 0 Å². The van der Waals surface area contributed by atoms with E-state index in [4.69, 9.17) is 18.9 Å². The molecular formula is C31H44O15. The number of ether oxygens (including phenoxy) is 4. The average molecular weight is 657 g/mol. The number of phenols is 2. The fourth-order valence-corrected chi connectivity index (χ4v) is 5.40. The molecule has 0 aromatic heterocycles. The number of hydrogen-bond donors (Lipinski definition) is 11. The highest BCUT2D eigenvalue weighted by Gasteiger charge is 2.46. The van der Waals surface area contributed by atoms with E-state index in [1.54, 1.807) is 12.1 Å². The van der Waals surface area contributed by atoms with Crippen LogP contribution in [-0.4, -0.2) is 137 Å². The van der Waals surface area contributed by atoms with E-state index in [9.17, 15) is 56.2 Å². The third kappa shape index (κ3) is 8.76. The van der Waals surface area contributed by atoms with Crippen LogP contribution >= 0.6 is 0 Å². The minimum absolute atomic E-state index is 0.0111. The van der Waals surface area contributed by atoms with Crippen LogP contribution in [0.5, 0.6) is 23.0 Å². The van der Waals surface area contributed by atoms with E-state index in [1.807, 2.05) is 0 Å². The maximum atomic E-state index is 10.5. The van der Waals surface area contributed by atoms with Crippen LogP contribution in [0, 0.1) is 0 Å². The van der Waals surface area contributed by atoms with Gasteiger partial charge < -0.3 is 75.1 Å². The van der Waals surface area contributed by atoms with Crippen LogP contribution in [0.4, 0.5) is 0 Å². The molecule has 15 heteroatoms. The highest BCUT2D eigenvalue weighted by molar-refractivity contribution is 5.43. The van der Waals surface area contributed by atoms with Crippen molar-refractivity contribution >= 4 is 0 Å². The van der Waals surface area contributed by atoms with Crippen LogP contribution in [0.1, 0.15) is 36.8 Å². The molecule has 11 N–H and O–H groups in total. The zero-order valence-corrected chi connectivity index (χ0v) is 25.0. The Labute approximate surface area is 265 Å². The van der Waals surface area contributed by atoms with Crippen molar-refractivity contribution in [3.05, 3.63) is 47.5 Å². The number of phenolic OH excluding ortho intramolecular Hbond substituents is 2. The molecule has 0 saturated carbocycles. The van der Waals surface area contributed by atoms with E-state index in [1.165, 1.54) is 24.3 Å². The van der Waals surface area contributed by atoms with E-state index in [0.29, 0.717) is 38.5 Å². The third-order valence-electron chi connectivity index (χ3n) is 8.25. The first-order valence-corrected chi connectivity index (χ1v) is 15.2. The molecular weight excluding hydrogens is 612 g/mol. The molecule has 2 aromatic carbocycles. The summed E-state index contributed by atoms with van der Waals surface area (Å²) in [6.45, 7) is -1.21. The van der Waals surface area contributed by atoms with Gasteiger partial charge in [0.2, 0.25) is 12.6 Å². The summed E-state index contributed by atoms with van der Waals surface area (Å²) < 4.78 is 21.6. The van der Waals surface area contributed by atoms with Crippen LogP contribution < -0.4 is 9.47 Å². The fourth-order valence-electron chi connectivity index (χ4n) is 5.40. The number of aliphatic hydroxyl groups is 9. The summed E-state index contributed by atoms with van der Waals surface area (Å²) in [6.07, 6.45) is -11.8. The molecule has 2 fully saturated rings. The summed E-state index contributed by atoms with van der Waals surface area (Å²) in [5.74, 6) is -0.518. The Morgan fingerprint density at radius 2 is 1.04 bits per heavy atom. The number of aryl methyl sites for hydroxylation is 2. The van der Waals surface area contributed by atoms with Gasteiger partial charge in [0.15, 0.2) is 23.0 Å². The second-order valence-electron chi connectivity index (χ2n) is 11.7. The molecule has 0 bridgehead atoms. The van der Waals surface area contributed by atoms with E-state index in [-0.39, 0.29) is 23.0 Å².